The minimum absolute atomic E-state index is 0. The predicted octanol–water partition coefficient (Wildman–Crippen LogP) is 8.33. The molecular weight excluding hydrogens is 628 g/mol. The van der Waals surface area contributed by atoms with E-state index in [1.807, 2.05) is 35.4 Å². The number of methoxy groups -OCH3 is 1. The van der Waals surface area contributed by atoms with Crippen LogP contribution in [0.1, 0.15) is 59.9 Å². The zero-order chi connectivity index (χ0) is 32.8. The van der Waals surface area contributed by atoms with Gasteiger partial charge in [-0.25, -0.2) is 17.6 Å². The van der Waals surface area contributed by atoms with Gasteiger partial charge in [0.15, 0.2) is 0 Å². The van der Waals surface area contributed by atoms with Gasteiger partial charge in [-0.2, -0.15) is 4.31 Å². The highest BCUT2D eigenvalue weighted by Crippen LogP contribution is 2.44. The summed E-state index contributed by atoms with van der Waals surface area (Å²) in [6.45, 7) is 7.88. The molecule has 1 aliphatic rings. The molecule has 8 nitrogen and oxygen atoms in total. The van der Waals surface area contributed by atoms with E-state index >= 15 is 0 Å². The van der Waals surface area contributed by atoms with Gasteiger partial charge in [-0.1, -0.05) is 39.3 Å². The highest BCUT2D eigenvalue weighted by atomic mass is 32.2. The van der Waals surface area contributed by atoms with Crippen LogP contribution in [0.25, 0.3) is 0 Å². The van der Waals surface area contributed by atoms with Crippen LogP contribution in [0.15, 0.2) is 82.8 Å². The van der Waals surface area contributed by atoms with E-state index in [4.69, 9.17) is 14.2 Å². The summed E-state index contributed by atoms with van der Waals surface area (Å²) in [5, 5.41) is 0. The molecule has 0 bridgehead atoms. The van der Waals surface area contributed by atoms with E-state index in [1.54, 1.807) is 50.4 Å². The fraction of sp³-hybridized carbons (Fsp3) is 0.400. The highest BCUT2D eigenvalue weighted by Gasteiger charge is 2.40. The molecular formula is C35H45FN2O6S2. The van der Waals surface area contributed by atoms with Gasteiger partial charge < -0.3 is 19.1 Å². The molecule has 0 N–H and O–H groups in total. The molecule has 1 aliphatic heterocycles. The molecule has 4 rings (SSSR count). The molecule has 46 heavy (non-hydrogen) atoms. The van der Waals surface area contributed by atoms with Crippen LogP contribution in [0.5, 0.6) is 11.5 Å². The predicted molar refractivity (Wildman–Crippen MR) is 183 cm³/mol. The van der Waals surface area contributed by atoms with Gasteiger partial charge in [0, 0.05) is 30.9 Å². The SMILES string of the molecule is C.CCCCC1CN(c2ccc(F)cc2)c2cc(SC)c(O/C=C/C(=O)OC(C)(C)C)cc2S(=O)(=O)N1Cc1ccc(OC)cc1. The van der Waals surface area contributed by atoms with Crippen molar-refractivity contribution in [2.24, 2.45) is 0 Å². The average molecular weight is 673 g/mol. The molecule has 250 valence electrons. The number of benzene rings is 3. The van der Waals surface area contributed by atoms with Crippen molar-refractivity contribution in [1.29, 1.82) is 0 Å². The van der Waals surface area contributed by atoms with Gasteiger partial charge in [-0.3, -0.25) is 0 Å². The number of carbonyl (C=O) groups excluding carboxylic acids is 1. The van der Waals surface area contributed by atoms with Crippen LogP contribution in [0.4, 0.5) is 15.8 Å². The second-order valence-electron chi connectivity index (χ2n) is 11.7. The summed E-state index contributed by atoms with van der Waals surface area (Å²) in [6.07, 6.45) is 6.59. The van der Waals surface area contributed by atoms with Crippen LogP contribution in [0, 0.1) is 5.82 Å². The van der Waals surface area contributed by atoms with Gasteiger partial charge in [0.05, 0.1) is 30.0 Å². The lowest BCUT2D eigenvalue weighted by Crippen LogP contribution is -2.43. The van der Waals surface area contributed by atoms with Crippen molar-refractivity contribution in [3.63, 3.8) is 0 Å². The minimum atomic E-state index is -4.09. The van der Waals surface area contributed by atoms with Crippen LogP contribution in [-0.4, -0.2) is 50.2 Å². The molecule has 0 aliphatic carbocycles. The quantitative estimate of drug-likeness (QED) is 0.0870. The van der Waals surface area contributed by atoms with E-state index in [9.17, 15) is 17.6 Å². The molecule has 3 aromatic rings. The minimum Gasteiger partial charge on any atom is -0.497 e. The van der Waals surface area contributed by atoms with E-state index in [-0.39, 0.29) is 36.5 Å². The number of thioether (sulfide) groups is 1. The Kier molecular flexibility index (Phi) is 12.7. The lowest BCUT2D eigenvalue weighted by Gasteiger charge is -2.31. The molecule has 0 saturated carbocycles. The van der Waals surface area contributed by atoms with Gasteiger partial charge in [0.2, 0.25) is 10.0 Å². The number of nitrogens with zero attached hydrogens (tertiary/aromatic N) is 2. The number of unbranched alkanes of at least 4 members (excludes halogenated alkanes) is 1. The summed E-state index contributed by atoms with van der Waals surface area (Å²) in [5.41, 5.74) is 1.28. The number of hydrogen-bond acceptors (Lipinski definition) is 8. The fourth-order valence-corrected chi connectivity index (χ4v) is 7.45. The Morgan fingerprint density at radius 3 is 2.35 bits per heavy atom. The first-order valence-electron chi connectivity index (χ1n) is 14.8. The number of halogens is 1. The molecule has 0 aromatic heterocycles. The molecule has 11 heteroatoms. The summed E-state index contributed by atoms with van der Waals surface area (Å²) in [6, 6.07) is 16.3. The van der Waals surface area contributed by atoms with Gasteiger partial charge >= 0.3 is 5.97 Å². The average Bonchev–Trinajstić information content (AvgIpc) is 3.07. The first-order valence-corrected chi connectivity index (χ1v) is 17.5. The highest BCUT2D eigenvalue weighted by molar-refractivity contribution is 7.98. The first-order chi connectivity index (χ1) is 21.4. The summed E-state index contributed by atoms with van der Waals surface area (Å²) in [7, 11) is -2.51. The van der Waals surface area contributed by atoms with Gasteiger partial charge in [0.1, 0.15) is 27.8 Å². The smallest absolute Gasteiger partial charge is 0.334 e. The molecule has 0 fully saturated rings. The van der Waals surface area contributed by atoms with Crippen molar-refractivity contribution in [1.82, 2.24) is 4.31 Å². The fourth-order valence-electron chi connectivity index (χ4n) is 5.09. The summed E-state index contributed by atoms with van der Waals surface area (Å²) in [5.74, 6) is -0.00309. The lowest BCUT2D eigenvalue weighted by atomic mass is 10.1. The van der Waals surface area contributed by atoms with Crippen molar-refractivity contribution >= 4 is 39.1 Å². The second-order valence-corrected chi connectivity index (χ2v) is 14.4. The Morgan fingerprint density at radius 1 is 1.09 bits per heavy atom. The Bertz CT molecular complexity index is 1600. The van der Waals surface area contributed by atoms with Crippen LogP contribution >= 0.6 is 11.8 Å². The summed E-state index contributed by atoms with van der Waals surface area (Å²) in [4.78, 5) is 14.9. The molecule has 1 heterocycles. The normalized spacial score (nSPS) is 16.3. The molecule has 1 atom stereocenters. The molecule has 0 radical (unpaired) electrons. The number of carbonyl (C=O) groups is 1. The number of sulfonamides is 1. The molecule has 0 saturated heterocycles. The Hall–Kier alpha value is -3.54. The van der Waals surface area contributed by atoms with E-state index in [0.29, 0.717) is 35.0 Å². The van der Waals surface area contributed by atoms with E-state index in [1.165, 1.54) is 36.2 Å². The van der Waals surface area contributed by atoms with Crippen molar-refractivity contribution < 1.29 is 31.8 Å². The third kappa shape index (κ3) is 9.04. The third-order valence-electron chi connectivity index (χ3n) is 7.26. The maximum Gasteiger partial charge on any atom is 0.334 e. The van der Waals surface area contributed by atoms with E-state index in [2.05, 4.69) is 6.92 Å². The van der Waals surface area contributed by atoms with Gasteiger partial charge in [-0.15, -0.1) is 11.8 Å². The third-order valence-corrected chi connectivity index (χ3v) is 9.94. The zero-order valence-electron chi connectivity index (χ0n) is 26.6. The first kappa shape index (κ1) is 36.9. The molecule has 0 spiro atoms. The summed E-state index contributed by atoms with van der Waals surface area (Å²) >= 11 is 1.38. The van der Waals surface area contributed by atoms with Crippen LogP contribution < -0.4 is 14.4 Å². The maximum atomic E-state index is 14.7. The lowest BCUT2D eigenvalue weighted by molar-refractivity contribution is -0.148. The number of anilines is 2. The monoisotopic (exact) mass is 672 g/mol. The topological polar surface area (TPSA) is 85.4 Å². The number of ether oxygens (including phenoxy) is 3. The number of esters is 1. The van der Waals surface area contributed by atoms with Gasteiger partial charge in [0.25, 0.3) is 0 Å². The Balaban J connectivity index is 0.00000576. The van der Waals surface area contributed by atoms with Crippen molar-refractivity contribution in [2.75, 3.05) is 24.8 Å². The van der Waals surface area contributed by atoms with Crippen LogP contribution in [0.3, 0.4) is 0 Å². The Labute approximate surface area is 277 Å². The standard InChI is InChI=1S/C34H41FN2O6S2.CH4/c1-7-8-9-27-23-36(26-14-12-25(35)13-15-26)29-20-31(44-6)30(42-19-18-33(38)43-34(2,3)4)21-32(29)45(39,40)37(27)22-24-10-16-28(41-5)17-11-24;/h10-21,27H,7-9,22-23H2,1-6H3;1H4/b19-18+;. The summed E-state index contributed by atoms with van der Waals surface area (Å²) < 4.78 is 61.5. The van der Waals surface area contributed by atoms with E-state index < -0.39 is 21.6 Å². The number of rotatable bonds is 11. The molecule has 3 aromatic carbocycles. The van der Waals surface area contributed by atoms with Crippen LogP contribution in [0.2, 0.25) is 0 Å². The van der Waals surface area contributed by atoms with Crippen molar-refractivity contribution in [3.8, 4) is 11.5 Å². The Morgan fingerprint density at radius 2 is 1.76 bits per heavy atom. The number of hydrogen-bond donors (Lipinski definition) is 0. The van der Waals surface area contributed by atoms with Gasteiger partial charge in [-0.05, 0) is 81.5 Å². The maximum absolute atomic E-state index is 14.7. The number of fused-ring (bicyclic) bond motifs is 1. The second kappa shape index (κ2) is 15.8. The van der Waals surface area contributed by atoms with Crippen molar-refractivity contribution in [3.05, 3.63) is 84.4 Å². The van der Waals surface area contributed by atoms with Crippen molar-refractivity contribution in [2.45, 2.75) is 82.4 Å². The molecule has 0 amide bonds. The van der Waals surface area contributed by atoms with E-state index in [0.717, 1.165) is 24.5 Å². The largest absolute Gasteiger partial charge is 0.497 e. The molecule has 1 unspecified atom stereocenters. The van der Waals surface area contributed by atoms with Crippen LogP contribution in [-0.2, 0) is 26.1 Å². The zero-order valence-corrected chi connectivity index (χ0v) is 28.2.